The molecule has 6 heteroatoms. The van der Waals surface area contributed by atoms with Crippen LogP contribution in [0, 0.1) is 16.7 Å². The molecule has 0 saturated heterocycles. The number of carboxylic acids is 1. The highest BCUT2D eigenvalue weighted by Crippen LogP contribution is 2.69. The first-order chi connectivity index (χ1) is 17.6. The number of anilines is 3. The van der Waals surface area contributed by atoms with Crippen molar-refractivity contribution in [2.45, 2.75) is 57.8 Å². The van der Waals surface area contributed by atoms with Crippen LogP contribution < -0.4 is 10.6 Å². The van der Waals surface area contributed by atoms with Crippen molar-refractivity contribution in [2.75, 3.05) is 10.6 Å². The lowest BCUT2D eigenvalue weighted by molar-refractivity contribution is -0.110. The van der Waals surface area contributed by atoms with Crippen LogP contribution in [0.3, 0.4) is 0 Å². The van der Waals surface area contributed by atoms with Crippen molar-refractivity contribution in [3.63, 3.8) is 0 Å². The second-order valence-corrected chi connectivity index (χ2v) is 12.4. The Labute approximate surface area is 217 Å². The van der Waals surface area contributed by atoms with Crippen LogP contribution >= 0.6 is 0 Å². The minimum absolute atomic E-state index is 0.0291. The molecule has 37 heavy (non-hydrogen) atoms. The zero-order chi connectivity index (χ0) is 25.8. The minimum Gasteiger partial charge on any atom is -0.477 e. The zero-order valence-corrected chi connectivity index (χ0v) is 21.4. The van der Waals surface area contributed by atoms with Crippen molar-refractivity contribution in [3.05, 3.63) is 83.6 Å². The van der Waals surface area contributed by atoms with Crippen molar-refractivity contribution in [1.29, 1.82) is 0 Å². The third-order valence-electron chi connectivity index (χ3n) is 8.77. The van der Waals surface area contributed by atoms with Gasteiger partial charge in [0.25, 0.3) is 5.91 Å². The van der Waals surface area contributed by atoms with E-state index in [1.807, 2.05) is 12.1 Å². The fourth-order valence-electron chi connectivity index (χ4n) is 8.36. The number of hydrogen-bond donors (Lipinski definition) is 3. The van der Waals surface area contributed by atoms with Crippen molar-refractivity contribution in [3.8, 4) is 0 Å². The fourth-order valence-corrected chi connectivity index (χ4v) is 8.36. The third kappa shape index (κ3) is 4.50. The zero-order valence-electron chi connectivity index (χ0n) is 21.4. The molecule has 0 aliphatic heterocycles. The second kappa shape index (κ2) is 8.44. The predicted molar refractivity (Wildman–Crippen MR) is 144 cm³/mol. The second-order valence-electron chi connectivity index (χ2n) is 12.4. The monoisotopic (exact) mass is 495 g/mol. The number of nitrogens with one attached hydrogen (secondary N) is 2. The number of nitrogens with zero attached hydrogens (tertiary/aromatic N) is 1. The number of aromatic nitrogens is 1. The van der Waals surface area contributed by atoms with Crippen LogP contribution in [-0.2, 0) is 5.41 Å². The van der Waals surface area contributed by atoms with Crippen LogP contribution in [0.2, 0.25) is 0 Å². The molecule has 1 heterocycles. The van der Waals surface area contributed by atoms with Crippen LogP contribution in [0.1, 0.15) is 78.8 Å². The van der Waals surface area contributed by atoms with Gasteiger partial charge in [-0.1, -0.05) is 32.0 Å². The lowest BCUT2D eigenvalue weighted by Gasteiger charge is -2.65. The molecule has 6 nitrogen and oxygen atoms in total. The van der Waals surface area contributed by atoms with E-state index in [4.69, 9.17) is 5.11 Å². The molecule has 4 aliphatic carbocycles. The Kier molecular flexibility index (Phi) is 5.41. The molecule has 1 aromatic heterocycles. The van der Waals surface area contributed by atoms with Crippen LogP contribution in [0.15, 0.2) is 66.7 Å². The first-order valence-corrected chi connectivity index (χ1v) is 13.1. The Hall–Kier alpha value is -3.67. The molecule has 4 bridgehead atoms. The predicted octanol–water partition coefficient (Wildman–Crippen LogP) is 7.02. The molecule has 7 rings (SSSR count). The number of pyridine rings is 1. The normalized spacial score (nSPS) is 29.6. The van der Waals surface area contributed by atoms with Crippen LogP contribution in [0.5, 0.6) is 0 Å². The quantitative estimate of drug-likeness (QED) is 0.342. The van der Waals surface area contributed by atoms with Gasteiger partial charge >= 0.3 is 5.97 Å². The molecule has 2 atom stereocenters. The van der Waals surface area contributed by atoms with E-state index < -0.39 is 5.97 Å². The average molecular weight is 496 g/mol. The van der Waals surface area contributed by atoms with Gasteiger partial charge in [0.15, 0.2) is 5.69 Å². The molecular weight excluding hydrogens is 462 g/mol. The number of rotatable bonds is 6. The van der Waals surface area contributed by atoms with E-state index in [1.165, 1.54) is 50.2 Å². The molecular formula is C31H33N3O3. The van der Waals surface area contributed by atoms with E-state index in [2.05, 4.69) is 41.6 Å². The summed E-state index contributed by atoms with van der Waals surface area (Å²) in [5, 5.41) is 15.2. The molecule has 2 aromatic carbocycles. The van der Waals surface area contributed by atoms with Crippen molar-refractivity contribution in [1.82, 2.24) is 4.98 Å². The molecule has 190 valence electrons. The molecule has 3 N–H and O–H groups in total. The highest BCUT2D eigenvalue weighted by atomic mass is 16.4. The maximum absolute atomic E-state index is 12.9. The lowest BCUT2D eigenvalue weighted by atomic mass is 9.39. The summed E-state index contributed by atoms with van der Waals surface area (Å²) in [5.41, 5.74) is 4.69. The van der Waals surface area contributed by atoms with Gasteiger partial charge < -0.3 is 15.7 Å². The maximum Gasteiger partial charge on any atom is 0.354 e. The fraction of sp³-hybridized carbons (Fsp3) is 0.387. The summed E-state index contributed by atoms with van der Waals surface area (Å²) >= 11 is 0. The number of carbonyl (C=O) groups is 2. The first kappa shape index (κ1) is 23.7. The summed E-state index contributed by atoms with van der Waals surface area (Å²) in [5.74, 6) is 0.0320. The van der Waals surface area contributed by atoms with Gasteiger partial charge in [0.1, 0.15) is 5.82 Å². The summed E-state index contributed by atoms with van der Waals surface area (Å²) in [6.07, 6.45) is 8.02. The molecule has 0 spiro atoms. The highest BCUT2D eigenvalue weighted by Gasteiger charge is 2.60. The molecule has 4 aliphatic rings. The van der Waals surface area contributed by atoms with Gasteiger partial charge in [-0.25, -0.2) is 9.78 Å². The van der Waals surface area contributed by atoms with Crippen LogP contribution in [0.4, 0.5) is 17.2 Å². The molecule has 1 amide bonds. The number of carbonyl (C=O) groups excluding carboxylic acids is 1. The highest BCUT2D eigenvalue weighted by molar-refractivity contribution is 6.04. The number of aromatic carboxylic acids is 1. The number of amides is 1. The van der Waals surface area contributed by atoms with Crippen LogP contribution in [0.25, 0.3) is 0 Å². The Morgan fingerprint density at radius 1 is 0.838 bits per heavy atom. The van der Waals surface area contributed by atoms with E-state index >= 15 is 0 Å². The molecule has 4 fully saturated rings. The van der Waals surface area contributed by atoms with Crippen molar-refractivity contribution < 1.29 is 14.7 Å². The van der Waals surface area contributed by atoms with Crippen molar-refractivity contribution in [2.24, 2.45) is 16.7 Å². The van der Waals surface area contributed by atoms with Gasteiger partial charge in [-0.2, -0.15) is 0 Å². The van der Waals surface area contributed by atoms with Gasteiger partial charge in [0.05, 0.1) is 0 Å². The first-order valence-electron chi connectivity index (χ1n) is 13.1. The summed E-state index contributed by atoms with van der Waals surface area (Å²) in [6.45, 7) is 5.01. The van der Waals surface area contributed by atoms with E-state index in [0.717, 1.165) is 11.6 Å². The van der Waals surface area contributed by atoms with Crippen LogP contribution in [-0.4, -0.2) is 22.0 Å². The van der Waals surface area contributed by atoms with Gasteiger partial charge in [0, 0.05) is 16.9 Å². The molecule has 4 saturated carbocycles. The summed E-state index contributed by atoms with van der Waals surface area (Å²) < 4.78 is 0. The van der Waals surface area contributed by atoms with Gasteiger partial charge in [0.2, 0.25) is 0 Å². The maximum atomic E-state index is 12.9. The topological polar surface area (TPSA) is 91.3 Å². The Balaban J connectivity index is 1.12. The molecule has 0 radical (unpaired) electrons. The summed E-state index contributed by atoms with van der Waals surface area (Å²) in [7, 11) is 0. The Bertz CT molecular complexity index is 1350. The Morgan fingerprint density at radius 2 is 1.49 bits per heavy atom. The number of carboxylic acid groups (broad SMARTS) is 1. The molecule has 2 unspecified atom stereocenters. The van der Waals surface area contributed by atoms with E-state index in [9.17, 15) is 9.59 Å². The number of benzene rings is 2. The van der Waals surface area contributed by atoms with Crippen molar-refractivity contribution >= 4 is 29.1 Å². The average Bonchev–Trinajstić information content (AvgIpc) is 2.83. The Morgan fingerprint density at radius 3 is 2.11 bits per heavy atom. The summed E-state index contributed by atoms with van der Waals surface area (Å²) in [6, 6.07) is 20.4. The number of hydrogen-bond acceptors (Lipinski definition) is 4. The van der Waals surface area contributed by atoms with E-state index in [-0.39, 0.29) is 17.0 Å². The standard InChI is InChI=1S/C31H33N3O3/c1-29-14-20-15-30(2,17-29)19-31(16-20,18-29)22-8-12-24(13-9-22)33-27(35)21-6-10-23(11-7-21)32-26-5-3-4-25(34-26)28(36)37/h3-13,20H,14-19H2,1-2H3,(H,32,34)(H,33,35)(H,36,37). The van der Waals surface area contributed by atoms with Gasteiger partial charge in [-0.3, -0.25) is 4.79 Å². The third-order valence-corrected chi connectivity index (χ3v) is 8.77. The largest absolute Gasteiger partial charge is 0.477 e. The van der Waals surface area contributed by atoms with Gasteiger partial charge in [-0.15, -0.1) is 0 Å². The van der Waals surface area contributed by atoms with E-state index in [0.29, 0.717) is 27.9 Å². The smallest absolute Gasteiger partial charge is 0.354 e. The minimum atomic E-state index is -1.08. The molecule has 3 aromatic rings. The summed E-state index contributed by atoms with van der Waals surface area (Å²) in [4.78, 5) is 28.1. The lowest BCUT2D eigenvalue weighted by Crippen LogP contribution is -2.56. The van der Waals surface area contributed by atoms with Gasteiger partial charge in [-0.05, 0) is 115 Å². The van der Waals surface area contributed by atoms with E-state index in [1.54, 1.807) is 36.4 Å². The SMILES string of the molecule is CC12CC3CC(C)(C1)CC(c1ccc(NC(=O)c4ccc(Nc5cccc(C(=O)O)n5)cc4)cc1)(C3)C2.